The van der Waals surface area contributed by atoms with Crippen LogP contribution in [0.3, 0.4) is 0 Å². The fourth-order valence-corrected chi connectivity index (χ4v) is 2.17. The van der Waals surface area contributed by atoms with Crippen molar-refractivity contribution in [3.05, 3.63) is 35.1 Å². The Labute approximate surface area is 116 Å². The molecule has 0 spiro atoms. The topological polar surface area (TPSA) is 24.5 Å². The summed E-state index contributed by atoms with van der Waals surface area (Å²) >= 11 is 0. The fourth-order valence-electron chi connectivity index (χ4n) is 2.17. The van der Waals surface area contributed by atoms with Gasteiger partial charge in [0.05, 0.1) is 13.2 Å². The van der Waals surface area contributed by atoms with Gasteiger partial charge < -0.3 is 10.1 Å². The molecular formula is C14H19F3N2O. The van der Waals surface area contributed by atoms with E-state index in [-0.39, 0.29) is 12.1 Å². The molecule has 1 N–H and O–H groups in total. The normalized spacial score (nSPS) is 16.6. The molecule has 1 aliphatic heterocycles. The second kappa shape index (κ2) is 7.61. The molecule has 0 bridgehead atoms. The number of benzene rings is 1. The summed E-state index contributed by atoms with van der Waals surface area (Å²) in [6, 6.07) is 1.49. The van der Waals surface area contributed by atoms with Crippen LogP contribution in [0.5, 0.6) is 0 Å². The molecule has 0 aliphatic carbocycles. The third-order valence-corrected chi connectivity index (χ3v) is 3.34. The Morgan fingerprint density at radius 3 is 2.50 bits per heavy atom. The van der Waals surface area contributed by atoms with Crippen LogP contribution in [0.1, 0.15) is 12.0 Å². The minimum absolute atomic E-state index is 0.148. The Morgan fingerprint density at radius 1 is 1.05 bits per heavy atom. The predicted molar refractivity (Wildman–Crippen MR) is 69.9 cm³/mol. The van der Waals surface area contributed by atoms with Gasteiger partial charge in [-0.05, 0) is 25.6 Å². The van der Waals surface area contributed by atoms with E-state index in [0.29, 0.717) is 12.6 Å². The first-order chi connectivity index (χ1) is 9.66. The molecular weight excluding hydrogens is 269 g/mol. The van der Waals surface area contributed by atoms with E-state index in [0.717, 1.165) is 45.3 Å². The Bertz CT molecular complexity index is 437. The van der Waals surface area contributed by atoms with Crippen molar-refractivity contribution in [2.75, 3.05) is 39.4 Å². The number of nitrogens with one attached hydrogen (secondary N) is 1. The predicted octanol–water partition coefficient (Wildman–Crippen LogP) is 1.92. The third-order valence-electron chi connectivity index (χ3n) is 3.34. The van der Waals surface area contributed by atoms with Gasteiger partial charge in [0.15, 0.2) is 11.6 Å². The minimum Gasteiger partial charge on any atom is -0.379 e. The van der Waals surface area contributed by atoms with Gasteiger partial charge in [0.1, 0.15) is 5.82 Å². The molecule has 0 unspecified atom stereocenters. The molecule has 1 heterocycles. The number of ether oxygens (including phenoxy) is 1. The van der Waals surface area contributed by atoms with E-state index in [4.69, 9.17) is 4.74 Å². The van der Waals surface area contributed by atoms with Gasteiger partial charge in [-0.2, -0.15) is 0 Å². The van der Waals surface area contributed by atoms with Crippen molar-refractivity contribution in [1.82, 2.24) is 10.2 Å². The van der Waals surface area contributed by atoms with Gasteiger partial charge in [-0.25, -0.2) is 13.2 Å². The van der Waals surface area contributed by atoms with Crippen molar-refractivity contribution in [3.63, 3.8) is 0 Å². The molecule has 1 fully saturated rings. The van der Waals surface area contributed by atoms with Crippen LogP contribution in [-0.2, 0) is 11.3 Å². The molecule has 0 atom stereocenters. The van der Waals surface area contributed by atoms with E-state index in [1.807, 2.05) is 0 Å². The van der Waals surface area contributed by atoms with Crippen LogP contribution < -0.4 is 5.32 Å². The van der Waals surface area contributed by atoms with Crippen molar-refractivity contribution < 1.29 is 17.9 Å². The number of nitrogens with zero attached hydrogens (tertiary/aromatic N) is 1. The summed E-state index contributed by atoms with van der Waals surface area (Å²) in [6.07, 6.45) is 0.922. The van der Waals surface area contributed by atoms with Gasteiger partial charge in [-0.3, -0.25) is 4.90 Å². The molecule has 0 amide bonds. The van der Waals surface area contributed by atoms with Crippen molar-refractivity contribution in [2.45, 2.75) is 13.0 Å². The third kappa shape index (κ3) is 4.47. The molecule has 1 saturated heterocycles. The van der Waals surface area contributed by atoms with E-state index >= 15 is 0 Å². The Kier molecular flexibility index (Phi) is 5.82. The maximum Gasteiger partial charge on any atom is 0.161 e. The molecule has 20 heavy (non-hydrogen) atoms. The summed E-state index contributed by atoms with van der Waals surface area (Å²) < 4.78 is 44.4. The van der Waals surface area contributed by atoms with Crippen molar-refractivity contribution in [2.24, 2.45) is 0 Å². The molecule has 1 aromatic carbocycles. The molecule has 1 aromatic rings. The Hall–Kier alpha value is -1.11. The number of hydrogen-bond donors (Lipinski definition) is 1. The number of hydrogen-bond acceptors (Lipinski definition) is 3. The lowest BCUT2D eigenvalue weighted by Crippen LogP contribution is -2.37. The zero-order chi connectivity index (χ0) is 14.4. The molecule has 1 aliphatic rings. The number of rotatable bonds is 6. The van der Waals surface area contributed by atoms with Gasteiger partial charge in [-0.1, -0.05) is 0 Å². The monoisotopic (exact) mass is 288 g/mol. The summed E-state index contributed by atoms with van der Waals surface area (Å²) in [4.78, 5) is 2.31. The van der Waals surface area contributed by atoms with E-state index in [1.54, 1.807) is 0 Å². The largest absolute Gasteiger partial charge is 0.379 e. The van der Waals surface area contributed by atoms with Crippen LogP contribution >= 0.6 is 0 Å². The van der Waals surface area contributed by atoms with Crippen LogP contribution in [0.4, 0.5) is 13.2 Å². The van der Waals surface area contributed by atoms with Crippen molar-refractivity contribution in [1.29, 1.82) is 0 Å². The summed E-state index contributed by atoms with van der Waals surface area (Å²) in [5, 5.41) is 3.04. The van der Waals surface area contributed by atoms with Gasteiger partial charge in [0, 0.05) is 31.3 Å². The highest BCUT2D eigenvalue weighted by atomic mass is 19.2. The average Bonchev–Trinajstić information content (AvgIpc) is 2.45. The first kappa shape index (κ1) is 15.3. The zero-order valence-electron chi connectivity index (χ0n) is 11.3. The second-order valence-corrected chi connectivity index (χ2v) is 4.84. The first-order valence-corrected chi connectivity index (χ1v) is 6.81. The van der Waals surface area contributed by atoms with Crippen molar-refractivity contribution >= 4 is 0 Å². The summed E-state index contributed by atoms with van der Waals surface area (Å²) in [7, 11) is 0. The van der Waals surface area contributed by atoms with Gasteiger partial charge >= 0.3 is 0 Å². The highest BCUT2D eigenvalue weighted by molar-refractivity contribution is 5.19. The Morgan fingerprint density at radius 2 is 1.75 bits per heavy atom. The van der Waals surface area contributed by atoms with Crippen LogP contribution in [0.2, 0.25) is 0 Å². The SMILES string of the molecule is Fc1cc(F)c(CNCCCN2CCOCC2)cc1F. The highest BCUT2D eigenvalue weighted by Gasteiger charge is 2.10. The molecule has 2 rings (SSSR count). The fraction of sp³-hybridized carbons (Fsp3) is 0.571. The lowest BCUT2D eigenvalue weighted by molar-refractivity contribution is 0.0374. The first-order valence-electron chi connectivity index (χ1n) is 6.81. The number of halogens is 3. The van der Waals surface area contributed by atoms with Crippen LogP contribution in [-0.4, -0.2) is 44.3 Å². The molecule has 3 nitrogen and oxygen atoms in total. The lowest BCUT2D eigenvalue weighted by atomic mass is 10.2. The Balaban J connectivity index is 1.66. The van der Waals surface area contributed by atoms with Crippen LogP contribution in [0, 0.1) is 17.5 Å². The summed E-state index contributed by atoms with van der Waals surface area (Å²) in [6.45, 7) is 5.29. The van der Waals surface area contributed by atoms with Crippen LogP contribution in [0.15, 0.2) is 12.1 Å². The summed E-state index contributed by atoms with van der Waals surface area (Å²) in [5.41, 5.74) is 0.148. The molecule has 0 aromatic heterocycles. The van der Waals surface area contributed by atoms with Crippen LogP contribution in [0.25, 0.3) is 0 Å². The highest BCUT2D eigenvalue weighted by Crippen LogP contribution is 2.13. The standard InChI is InChI=1S/C14H19F3N2O/c15-12-9-14(17)13(16)8-11(12)10-18-2-1-3-19-4-6-20-7-5-19/h8-9,18H,1-7,10H2. The second-order valence-electron chi connectivity index (χ2n) is 4.84. The lowest BCUT2D eigenvalue weighted by Gasteiger charge is -2.26. The minimum atomic E-state index is -1.15. The van der Waals surface area contributed by atoms with E-state index in [2.05, 4.69) is 10.2 Å². The van der Waals surface area contributed by atoms with Crippen molar-refractivity contribution in [3.8, 4) is 0 Å². The maximum absolute atomic E-state index is 13.4. The molecule has 112 valence electrons. The quantitative estimate of drug-likeness (QED) is 0.639. The van der Waals surface area contributed by atoms with Gasteiger partial charge in [0.25, 0.3) is 0 Å². The number of morpholine rings is 1. The van der Waals surface area contributed by atoms with Gasteiger partial charge in [-0.15, -0.1) is 0 Å². The van der Waals surface area contributed by atoms with E-state index < -0.39 is 17.5 Å². The zero-order valence-corrected chi connectivity index (χ0v) is 11.3. The van der Waals surface area contributed by atoms with E-state index in [1.165, 1.54) is 0 Å². The molecule has 0 radical (unpaired) electrons. The summed E-state index contributed by atoms with van der Waals surface area (Å²) in [5.74, 6) is -2.89. The smallest absolute Gasteiger partial charge is 0.161 e. The van der Waals surface area contributed by atoms with E-state index in [9.17, 15) is 13.2 Å². The average molecular weight is 288 g/mol. The molecule has 0 saturated carbocycles. The van der Waals surface area contributed by atoms with Gasteiger partial charge in [0.2, 0.25) is 0 Å². The maximum atomic E-state index is 13.4. The molecule has 6 heteroatoms.